The van der Waals surface area contributed by atoms with Gasteiger partial charge >= 0.3 is 5.97 Å². The molecule has 0 heterocycles. The molecule has 104 valence electrons. The SMILES string of the molecule is CC(C)(C)C1CC(Sc2cccc(Cl)c2)(C(=O)O)C1. The van der Waals surface area contributed by atoms with Crippen LogP contribution in [0.2, 0.25) is 5.02 Å². The number of carboxylic acids is 1. The van der Waals surface area contributed by atoms with Crippen molar-refractivity contribution in [2.75, 3.05) is 0 Å². The Balaban J connectivity index is 2.14. The minimum Gasteiger partial charge on any atom is -0.480 e. The van der Waals surface area contributed by atoms with E-state index in [2.05, 4.69) is 20.8 Å². The average molecular weight is 299 g/mol. The van der Waals surface area contributed by atoms with E-state index in [1.54, 1.807) is 6.07 Å². The highest BCUT2D eigenvalue weighted by Gasteiger charge is 2.54. The van der Waals surface area contributed by atoms with Crippen molar-refractivity contribution < 1.29 is 9.90 Å². The summed E-state index contributed by atoms with van der Waals surface area (Å²) in [7, 11) is 0. The minimum atomic E-state index is -0.710. The van der Waals surface area contributed by atoms with Crippen molar-refractivity contribution in [1.29, 1.82) is 0 Å². The molecule has 0 atom stereocenters. The van der Waals surface area contributed by atoms with E-state index in [1.807, 2.05) is 18.2 Å². The molecule has 19 heavy (non-hydrogen) atoms. The maximum absolute atomic E-state index is 11.6. The predicted molar refractivity (Wildman–Crippen MR) is 79.9 cm³/mol. The Kier molecular flexibility index (Phi) is 3.90. The van der Waals surface area contributed by atoms with Gasteiger partial charge in [-0.2, -0.15) is 0 Å². The lowest BCUT2D eigenvalue weighted by Gasteiger charge is -2.49. The maximum atomic E-state index is 11.6. The summed E-state index contributed by atoms with van der Waals surface area (Å²) in [5, 5.41) is 10.2. The highest BCUT2D eigenvalue weighted by molar-refractivity contribution is 8.01. The molecular formula is C15H19ClO2S. The number of benzene rings is 1. The fraction of sp³-hybridized carbons (Fsp3) is 0.533. The van der Waals surface area contributed by atoms with Crippen LogP contribution in [0.15, 0.2) is 29.2 Å². The number of thioether (sulfide) groups is 1. The van der Waals surface area contributed by atoms with E-state index in [0.29, 0.717) is 10.9 Å². The smallest absolute Gasteiger partial charge is 0.320 e. The van der Waals surface area contributed by atoms with Crippen LogP contribution in [-0.4, -0.2) is 15.8 Å². The third-order valence-electron chi connectivity index (χ3n) is 3.88. The van der Waals surface area contributed by atoms with Gasteiger partial charge in [0.2, 0.25) is 0 Å². The highest BCUT2D eigenvalue weighted by Crippen LogP contribution is 2.56. The van der Waals surface area contributed by atoms with Gasteiger partial charge in [-0.05, 0) is 42.4 Å². The van der Waals surface area contributed by atoms with Crippen molar-refractivity contribution in [3.8, 4) is 0 Å². The van der Waals surface area contributed by atoms with E-state index in [4.69, 9.17) is 11.6 Å². The molecule has 0 saturated heterocycles. The van der Waals surface area contributed by atoms with Crippen LogP contribution in [0.1, 0.15) is 33.6 Å². The lowest BCUT2D eigenvalue weighted by Crippen LogP contribution is -2.51. The molecule has 2 rings (SSSR count). The lowest BCUT2D eigenvalue weighted by molar-refractivity contribution is -0.145. The molecule has 1 aliphatic carbocycles. The summed E-state index contributed by atoms with van der Waals surface area (Å²) in [5.74, 6) is -0.242. The molecule has 1 N–H and O–H groups in total. The Bertz CT molecular complexity index is 487. The van der Waals surface area contributed by atoms with Gasteiger partial charge in [0.15, 0.2) is 0 Å². The number of carboxylic acid groups (broad SMARTS) is 1. The number of carbonyl (C=O) groups is 1. The summed E-state index contributed by atoms with van der Waals surface area (Å²) in [5.41, 5.74) is 0.174. The van der Waals surface area contributed by atoms with E-state index in [9.17, 15) is 9.90 Å². The predicted octanol–water partition coefficient (Wildman–Crippen LogP) is 4.71. The number of rotatable bonds is 3. The first-order chi connectivity index (χ1) is 8.73. The third kappa shape index (κ3) is 3.09. The van der Waals surface area contributed by atoms with E-state index in [-0.39, 0.29) is 5.41 Å². The fourth-order valence-electron chi connectivity index (χ4n) is 2.41. The van der Waals surface area contributed by atoms with Gasteiger partial charge in [-0.1, -0.05) is 38.4 Å². The molecule has 0 spiro atoms. The van der Waals surface area contributed by atoms with Gasteiger partial charge in [-0.15, -0.1) is 11.8 Å². The molecule has 0 amide bonds. The normalized spacial score (nSPS) is 26.8. The van der Waals surface area contributed by atoms with Gasteiger partial charge in [0, 0.05) is 9.92 Å². The van der Waals surface area contributed by atoms with E-state index < -0.39 is 10.7 Å². The Hall–Kier alpha value is -0.670. The monoisotopic (exact) mass is 298 g/mol. The average Bonchev–Trinajstić information content (AvgIpc) is 2.20. The minimum absolute atomic E-state index is 0.174. The van der Waals surface area contributed by atoms with Crippen LogP contribution in [0.3, 0.4) is 0 Å². The summed E-state index contributed by atoms with van der Waals surface area (Å²) in [6.07, 6.45) is 1.45. The summed E-state index contributed by atoms with van der Waals surface area (Å²) in [4.78, 5) is 12.5. The van der Waals surface area contributed by atoms with Gasteiger partial charge in [0.1, 0.15) is 4.75 Å². The topological polar surface area (TPSA) is 37.3 Å². The number of hydrogen-bond donors (Lipinski definition) is 1. The van der Waals surface area contributed by atoms with Gasteiger partial charge in [0.25, 0.3) is 0 Å². The quantitative estimate of drug-likeness (QED) is 0.878. The lowest BCUT2D eigenvalue weighted by atomic mass is 9.62. The Morgan fingerprint density at radius 2 is 2.05 bits per heavy atom. The summed E-state index contributed by atoms with van der Waals surface area (Å²) in [6, 6.07) is 7.42. The highest BCUT2D eigenvalue weighted by atomic mass is 35.5. The summed E-state index contributed by atoms with van der Waals surface area (Å²) in [6.45, 7) is 6.52. The van der Waals surface area contributed by atoms with Crippen LogP contribution in [0.5, 0.6) is 0 Å². The fourth-order valence-corrected chi connectivity index (χ4v) is 4.10. The van der Waals surface area contributed by atoms with Crippen LogP contribution in [0.25, 0.3) is 0 Å². The van der Waals surface area contributed by atoms with E-state index in [1.165, 1.54) is 11.8 Å². The summed E-state index contributed by atoms with van der Waals surface area (Å²) >= 11 is 7.39. The molecule has 0 aliphatic heterocycles. The van der Waals surface area contributed by atoms with Gasteiger partial charge < -0.3 is 5.11 Å². The van der Waals surface area contributed by atoms with Crippen molar-refractivity contribution in [1.82, 2.24) is 0 Å². The van der Waals surface area contributed by atoms with Gasteiger partial charge in [0.05, 0.1) is 0 Å². The molecule has 2 nitrogen and oxygen atoms in total. The van der Waals surface area contributed by atoms with E-state index in [0.717, 1.165) is 17.7 Å². The molecular weight excluding hydrogens is 280 g/mol. The number of hydrogen-bond acceptors (Lipinski definition) is 2. The molecule has 4 heteroatoms. The molecule has 0 aromatic heterocycles. The van der Waals surface area contributed by atoms with Gasteiger partial charge in [-0.25, -0.2) is 0 Å². The van der Waals surface area contributed by atoms with Crippen molar-refractivity contribution in [3.63, 3.8) is 0 Å². The first kappa shape index (κ1) is 14.7. The second-order valence-electron chi connectivity index (χ2n) is 6.33. The molecule has 0 unspecified atom stereocenters. The van der Waals surface area contributed by atoms with Gasteiger partial charge in [-0.3, -0.25) is 4.79 Å². The zero-order valence-corrected chi connectivity index (χ0v) is 13.0. The van der Waals surface area contributed by atoms with Crippen LogP contribution < -0.4 is 0 Å². The largest absolute Gasteiger partial charge is 0.480 e. The van der Waals surface area contributed by atoms with Crippen molar-refractivity contribution in [2.45, 2.75) is 43.3 Å². The first-order valence-corrected chi connectivity index (χ1v) is 7.60. The zero-order valence-electron chi connectivity index (χ0n) is 11.4. The molecule has 0 bridgehead atoms. The zero-order chi connectivity index (χ0) is 14.3. The second-order valence-corrected chi connectivity index (χ2v) is 8.22. The molecule has 1 aromatic rings. The van der Waals surface area contributed by atoms with Crippen LogP contribution in [0.4, 0.5) is 0 Å². The molecule has 1 saturated carbocycles. The van der Waals surface area contributed by atoms with Crippen LogP contribution >= 0.6 is 23.4 Å². The van der Waals surface area contributed by atoms with Crippen molar-refractivity contribution in [3.05, 3.63) is 29.3 Å². The molecule has 0 radical (unpaired) electrons. The first-order valence-electron chi connectivity index (χ1n) is 6.41. The Labute approximate surface area is 123 Å². The number of halogens is 1. The van der Waals surface area contributed by atoms with Crippen LogP contribution in [-0.2, 0) is 4.79 Å². The third-order valence-corrected chi connectivity index (χ3v) is 5.50. The Morgan fingerprint density at radius 1 is 1.42 bits per heavy atom. The summed E-state index contributed by atoms with van der Waals surface area (Å²) < 4.78 is -0.678. The van der Waals surface area contributed by atoms with Crippen LogP contribution in [0, 0.1) is 11.3 Å². The van der Waals surface area contributed by atoms with Crippen molar-refractivity contribution in [2.24, 2.45) is 11.3 Å². The van der Waals surface area contributed by atoms with Crippen molar-refractivity contribution >= 4 is 29.3 Å². The molecule has 1 aromatic carbocycles. The standard InChI is InChI=1S/C15H19ClO2S/c1-14(2,3)10-8-15(9-10,13(17)18)19-12-6-4-5-11(16)7-12/h4-7,10H,8-9H2,1-3H3,(H,17,18). The second kappa shape index (κ2) is 5.02. The Morgan fingerprint density at radius 3 is 2.53 bits per heavy atom. The molecule has 1 fully saturated rings. The molecule has 1 aliphatic rings. The number of aliphatic carboxylic acids is 1. The maximum Gasteiger partial charge on any atom is 0.320 e. The van der Waals surface area contributed by atoms with E-state index >= 15 is 0 Å².